The van der Waals surface area contributed by atoms with Crippen LogP contribution in [0.5, 0.6) is 5.75 Å². The van der Waals surface area contributed by atoms with E-state index in [1.807, 2.05) is 18.2 Å². The quantitative estimate of drug-likeness (QED) is 0.447. The highest BCUT2D eigenvalue weighted by Crippen LogP contribution is 2.19. The van der Waals surface area contributed by atoms with Crippen LogP contribution in [0.3, 0.4) is 0 Å². The summed E-state index contributed by atoms with van der Waals surface area (Å²) in [5.41, 5.74) is 2.23. The van der Waals surface area contributed by atoms with Crippen LogP contribution in [0.25, 0.3) is 6.08 Å². The van der Waals surface area contributed by atoms with E-state index in [1.54, 1.807) is 19.3 Å². The smallest absolute Gasteiger partial charge is 0.331 e. The third-order valence-corrected chi connectivity index (χ3v) is 4.00. The number of rotatable bonds is 8. The Balaban J connectivity index is 1.65. The maximum atomic E-state index is 11.7. The van der Waals surface area contributed by atoms with Crippen molar-refractivity contribution in [3.05, 3.63) is 47.6 Å². The standard InChI is InChI=1S/C20H25NO4/c1-24-18-9-5-8-17(14-18)10-11-20(23)25-15-19(22)21-13-12-16-6-3-2-4-7-16/h5-6,8-11,14H,2-4,7,12-13,15H2,1H3,(H,21,22)/b11-10+. The van der Waals surface area contributed by atoms with E-state index in [4.69, 9.17) is 9.47 Å². The second-order valence-corrected chi connectivity index (χ2v) is 5.93. The van der Waals surface area contributed by atoms with Gasteiger partial charge in [0.05, 0.1) is 7.11 Å². The predicted octanol–water partition coefficient (Wildman–Crippen LogP) is 3.26. The van der Waals surface area contributed by atoms with Gasteiger partial charge in [0.25, 0.3) is 5.91 Å². The van der Waals surface area contributed by atoms with Gasteiger partial charge in [0.1, 0.15) is 5.75 Å². The van der Waals surface area contributed by atoms with Crippen molar-refractivity contribution >= 4 is 18.0 Å². The first-order chi connectivity index (χ1) is 12.2. The Morgan fingerprint density at radius 1 is 1.28 bits per heavy atom. The number of hydrogen-bond donors (Lipinski definition) is 1. The monoisotopic (exact) mass is 343 g/mol. The number of amides is 1. The molecule has 0 fully saturated rings. The van der Waals surface area contributed by atoms with Crippen molar-refractivity contribution in [1.82, 2.24) is 5.32 Å². The lowest BCUT2D eigenvalue weighted by molar-refractivity contribution is -0.143. The van der Waals surface area contributed by atoms with Crippen LogP contribution in [0.1, 0.15) is 37.7 Å². The molecule has 0 atom stereocenters. The number of carbonyl (C=O) groups is 2. The van der Waals surface area contributed by atoms with Gasteiger partial charge in [-0.3, -0.25) is 4.79 Å². The van der Waals surface area contributed by atoms with Gasteiger partial charge in [0, 0.05) is 12.6 Å². The molecule has 0 radical (unpaired) electrons. The minimum Gasteiger partial charge on any atom is -0.497 e. The number of methoxy groups -OCH3 is 1. The largest absolute Gasteiger partial charge is 0.497 e. The first kappa shape index (κ1) is 18.8. The SMILES string of the molecule is COc1cccc(/C=C/C(=O)OCC(=O)NCCC2=CCCCC2)c1. The van der Waals surface area contributed by atoms with Gasteiger partial charge < -0.3 is 14.8 Å². The Hall–Kier alpha value is -2.56. The van der Waals surface area contributed by atoms with Crippen LogP contribution in [-0.2, 0) is 14.3 Å². The first-order valence-electron chi connectivity index (χ1n) is 8.61. The Kier molecular flexibility index (Phi) is 7.76. The van der Waals surface area contributed by atoms with Crippen molar-refractivity contribution in [3.8, 4) is 5.75 Å². The molecule has 0 aromatic heterocycles. The fraction of sp³-hybridized carbons (Fsp3) is 0.400. The zero-order valence-corrected chi connectivity index (χ0v) is 14.6. The van der Waals surface area contributed by atoms with Crippen molar-refractivity contribution in [2.24, 2.45) is 0 Å². The van der Waals surface area contributed by atoms with Gasteiger partial charge in [-0.25, -0.2) is 4.79 Å². The molecule has 1 aromatic carbocycles. The summed E-state index contributed by atoms with van der Waals surface area (Å²) < 4.78 is 10.1. The topological polar surface area (TPSA) is 64.6 Å². The van der Waals surface area contributed by atoms with E-state index in [0.29, 0.717) is 12.3 Å². The van der Waals surface area contributed by atoms with Crippen molar-refractivity contribution in [2.75, 3.05) is 20.3 Å². The second kappa shape index (κ2) is 10.3. The van der Waals surface area contributed by atoms with Crippen molar-refractivity contribution in [3.63, 3.8) is 0 Å². The van der Waals surface area contributed by atoms with E-state index < -0.39 is 5.97 Å². The summed E-state index contributed by atoms with van der Waals surface area (Å²) >= 11 is 0. The summed E-state index contributed by atoms with van der Waals surface area (Å²) in [4.78, 5) is 23.4. The highest BCUT2D eigenvalue weighted by Gasteiger charge is 2.07. The summed E-state index contributed by atoms with van der Waals surface area (Å²) in [5, 5.41) is 2.78. The normalized spacial score (nSPS) is 14.0. The molecule has 0 saturated carbocycles. The lowest BCUT2D eigenvalue weighted by atomic mass is 9.97. The fourth-order valence-electron chi connectivity index (χ4n) is 2.64. The van der Waals surface area contributed by atoms with Gasteiger partial charge in [-0.15, -0.1) is 0 Å². The molecule has 0 heterocycles. The molecule has 2 rings (SSSR count). The molecule has 25 heavy (non-hydrogen) atoms. The van der Waals surface area contributed by atoms with Crippen molar-refractivity contribution < 1.29 is 19.1 Å². The molecule has 0 unspecified atom stereocenters. The highest BCUT2D eigenvalue weighted by atomic mass is 16.5. The molecule has 0 aliphatic heterocycles. The average Bonchev–Trinajstić information content (AvgIpc) is 2.65. The number of esters is 1. The van der Waals surface area contributed by atoms with Crippen LogP contribution in [0.2, 0.25) is 0 Å². The van der Waals surface area contributed by atoms with Gasteiger partial charge in [0.15, 0.2) is 6.61 Å². The van der Waals surface area contributed by atoms with Gasteiger partial charge in [0.2, 0.25) is 0 Å². The molecule has 134 valence electrons. The van der Waals surface area contributed by atoms with Crippen molar-refractivity contribution in [2.45, 2.75) is 32.1 Å². The van der Waals surface area contributed by atoms with Gasteiger partial charge in [-0.1, -0.05) is 23.8 Å². The molecule has 1 N–H and O–H groups in total. The molecule has 1 aliphatic carbocycles. The van der Waals surface area contributed by atoms with Gasteiger partial charge in [-0.2, -0.15) is 0 Å². The van der Waals surface area contributed by atoms with Crippen molar-refractivity contribution in [1.29, 1.82) is 0 Å². The number of carbonyl (C=O) groups excluding carboxylic acids is 2. The molecule has 0 bridgehead atoms. The Morgan fingerprint density at radius 3 is 2.92 bits per heavy atom. The summed E-state index contributed by atoms with van der Waals surface area (Å²) in [6.45, 7) is 0.322. The van der Waals surface area contributed by atoms with Crippen LogP contribution in [0.4, 0.5) is 0 Å². The second-order valence-electron chi connectivity index (χ2n) is 5.93. The zero-order valence-electron chi connectivity index (χ0n) is 14.6. The first-order valence-corrected chi connectivity index (χ1v) is 8.61. The molecular weight excluding hydrogens is 318 g/mol. The molecule has 1 aliphatic rings. The Labute approximate surface area is 148 Å². The van der Waals surface area contributed by atoms with Crippen LogP contribution >= 0.6 is 0 Å². The summed E-state index contributed by atoms with van der Waals surface area (Å²) in [6.07, 6.45) is 10.8. The third kappa shape index (κ3) is 7.25. The lowest BCUT2D eigenvalue weighted by Gasteiger charge is -2.12. The summed E-state index contributed by atoms with van der Waals surface area (Å²) in [6, 6.07) is 7.30. The molecule has 1 aromatic rings. The Morgan fingerprint density at radius 2 is 2.16 bits per heavy atom. The molecule has 5 heteroatoms. The number of ether oxygens (including phenoxy) is 2. The van der Waals surface area contributed by atoms with Crippen LogP contribution in [-0.4, -0.2) is 32.1 Å². The highest BCUT2D eigenvalue weighted by molar-refractivity contribution is 5.89. The number of nitrogens with one attached hydrogen (secondary N) is 1. The minimum absolute atomic E-state index is 0.264. The zero-order chi connectivity index (χ0) is 17.9. The number of benzene rings is 1. The van der Waals surface area contributed by atoms with E-state index >= 15 is 0 Å². The van der Waals surface area contributed by atoms with Crippen LogP contribution in [0.15, 0.2) is 42.0 Å². The molecule has 0 spiro atoms. The van der Waals surface area contributed by atoms with E-state index in [9.17, 15) is 9.59 Å². The fourth-order valence-corrected chi connectivity index (χ4v) is 2.64. The van der Waals surface area contributed by atoms with Crippen LogP contribution in [0, 0.1) is 0 Å². The number of allylic oxidation sites excluding steroid dienone is 1. The lowest BCUT2D eigenvalue weighted by Crippen LogP contribution is -2.29. The number of hydrogen-bond acceptors (Lipinski definition) is 4. The molecule has 5 nitrogen and oxygen atoms in total. The van der Waals surface area contributed by atoms with E-state index in [1.165, 1.54) is 24.5 Å². The predicted molar refractivity (Wildman–Crippen MR) is 97.2 cm³/mol. The molecule has 1 amide bonds. The minimum atomic E-state index is -0.548. The third-order valence-electron chi connectivity index (χ3n) is 4.00. The molecule has 0 saturated heterocycles. The maximum Gasteiger partial charge on any atom is 0.331 e. The van der Waals surface area contributed by atoms with Gasteiger partial charge in [-0.05, 0) is 55.9 Å². The average molecular weight is 343 g/mol. The summed E-state index contributed by atoms with van der Waals surface area (Å²) in [7, 11) is 1.58. The van der Waals surface area contributed by atoms with Crippen LogP contribution < -0.4 is 10.1 Å². The van der Waals surface area contributed by atoms with E-state index in [-0.39, 0.29) is 12.5 Å². The van der Waals surface area contributed by atoms with Gasteiger partial charge >= 0.3 is 5.97 Å². The summed E-state index contributed by atoms with van der Waals surface area (Å²) in [5.74, 6) is -0.115. The maximum absolute atomic E-state index is 11.7. The van der Waals surface area contributed by atoms with E-state index in [0.717, 1.165) is 24.8 Å². The Bertz CT molecular complexity index is 649. The van der Waals surface area contributed by atoms with E-state index in [2.05, 4.69) is 11.4 Å². The molecular formula is C20H25NO4.